The van der Waals surface area contributed by atoms with Crippen molar-refractivity contribution in [1.82, 2.24) is 4.90 Å². The van der Waals surface area contributed by atoms with Gasteiger partial charge in [-0.2, -0.15) is 0 Å². The normalized spacial score (nSPS) is 26.2. The van der Waals surface area contributed by atoms with E-state index in [1.54, 1.807) is 5.56 Å². The molecule has 88 valence electrons. The summed E-state index contributed by atoms with van der Waals surface area (Å²) in [6.45, 7) is 7.05. The highest BCUT2D eigenvalue weighted by molar-refractivity contribution is 5.31. The van der Waals surface area contributed by atoms with Crippen LogP contribution in [0.5, 0.6) is 0 Å². The molecule has 1 saturated heterocycles. The Balaban J connectivity index is 2.22. The van der Waals surface area contributed by atoms with Gasteiger partial charge in [0.25, 0.3) is 0 Å². The van der Waals surface area contributed by atoms with Crippen molar-refractivity contribution in [1.29, 1.82) is 0 Å². The number of benzene rings is 1. The van der Waals surface area contributed by atoms with Crippen molar-refractivity contribution < 1.29 is 0 Å². The van der Waals surface area contributed by atoms with Crippen LogP contribution in [-0.4, -0.2) is 25.0 Å². The lowest BCUT2D eigenvalue weighted by Crippen LogP contribution is -2.13. The van der Waals surface area contributed by atoms with Crippen LogP contribution < -0.4 is 0 Å². The van der Waals surface area contributed by atoms with Gasteiger partial charge in [-0.25, -0.2) is 0 Å². The van der Waals surface area contributed by atoms with Gasteiger partial charge in [-0.15, -0.1) is 0 Å². The van der Waals surface area contributed by atoms with Crippen molar-refractivity contribution in [3.63, 3.8) is 0 Å². The average molecular weight is 217 g/mol. The number of likely N-dealkylation sites (tertiary alicyclic amines) is 1. The second-order valence-corrected chi connectivity index (χ2v) is 5.23. The van der Waals surface area contributed by atoms with E-state index < -0.39 is 0 Å². The third-order valence-electron chi connectivity index (χ3n) is 3.87. The molecule has 2 rings (SSSR count). The minimum atomic E-state index is 0.756. The fraction of sp³-hybridized carbons (Fsp3) is 0.600. The van der Waals surface area contributed by atoms with Crippen LogP contribution in [0.4, 0.5) is 0 Å². The fourth-order valence-corrected chi connectivity index (χ4v) is 3.11. The molecular weight excluding hydrogens is 194 g/mol. The first-order chi connectivity index (χ1) is 7.72. The lowest BCUT2D eigenvalue weighted by atomic mass is 9.84. The maximum absolute atomic E-state index is 2.48. The van der Waals surface area contributed by atoms with E-state index in [0.717, 1.165) is 11.8 Å². The molecule has 0 amide bonds. The Morgan fingerprint density at radius 2 is 2.00 bits per heavy atom. The molecule has 0 aromatic heterocycles. The summed E-state index contributed by atoms with van der Waals surface area (Å²) in [6, 6.07) is 8.90. The molecule has 1 aliphatic heterocycles. The molecule has 1 nitrogen and oxygen atoms in total. The largest absolute Gasteiger partial charge is 0.305 e. The van der Waals surface area contributed by atoms with Crippen molar-refractivity contribution in [2.45, 2.75) is 32.6 Å². The second-order valence-electron chi connectivity index (χ2n) is 5.23. The second kappa shape index (κ2) is 5.01. The topological polar surface area (TPSA) is 3.24 Å². The smallest absolute Gasteiger partial charge is 0.00506 e. The predicted molar refractivity (Wildman–Crippen MR) is 69.8 cm³/mol. The Morgan fingerprint density at radius 1 is 1.25 bits per heavy atom. The molecule has 0 saturated carbocycles. The molecule has 16 heavy (non-hydrogen) atoms. The molecule has 0 bridgehead atoms. The van der Waals surface area contributed by atoms with Crippen LogP contribution in [0.3, 0.4) is 0 Å². The maximum Gasteiger partial charge on any atom is 0.00506 e. The van der Waals surface area contributed by atoms with E-state index in [1.165, 1.54) is 31.5 Å². The number of rotatable bonds is 3. The maximum atomic E-state index is 2.48. The minimum absolute atomic E-state index is 0.756. The van der Waals surface area contributed by atoms with Gasteiger partial charge in [-0.3, -0.25) is 0 Å². The van der Waals surface area contributed by atoms with E-state index in [-0.39, 0.29) is 0 Å². The van der Waals surface area contributed by atoms with E-state index in [0.29, 0.717) is 0 Å². The van der Waals surface area contributed by atoms with Gasteiger partial charge >= 0.3 is 0 Å². The quantitative estimate of drug-likeness (QED) is 0.749. The molecule has 1 heteroatoms. The highest BCUT2D eigenvalue weighted by Crippen LogP contribution is 2.35. The Hall–Kier alpha value is -0.820. The Bertz CT molecular complexity index is 345. The lowest BCUT2D eigenvalue weighted by molar-refractivity contribution is 0.387. The third-order valence-corrected chi connectivity index (χ3v) is 3.87. The lowest BCUT2D eigenvalue weighted by Gasteiger charge is -2.20. The molecule has 2 atom stereocenters. The van der Waals surface area contributed by atoms with Gasteiger partial charge < -0.3 is 4.90 Å². The molecule has 1 fully saturated rings. The monoisotopic (exact) mass is 217 g/mol. The SMILES string of the molecule is CCCC1CN(C)C[C@H]1c1ccccc1C. The van der Waals surface area contributed by atoms with Gasteiger partial charge in [-0.05, 0) is 37.4 Å². The van der Waals surface area contributed by atoms with Crippen molar-refractivity contribution >= 4 is 0 Å². The number of aryl methyl sites for hydroxylation is 1. The third kappa shape index (κ3) is 2.30. The van der Waals surface area contributed by atoms with E-state index in [4.69, 9.17) is 0 Å². The van der Waals surface area contributed by atoms with Gasteiger partial charge in [-0.1, -0.05) is 37.6 Å². The Kier molecular flexibility index (Phi) is 3.65. The Morgan fingerprint density at radius 3 is 2.69 bits per heavy atom. The zero-order chi connectivity index (χ0) is 11.5. The molecule has 0 aliphatic carbocycles. The molecule has 1 unspecified atom stereocenters. The minimum Gasteiger partial charge on any atom is -0.305 e. The Labute approximate surface area is 99.5 Å². The number of hydrogen-bond donors (Lipinski definition) is 0. The first kappa shape index (κ1) is 11.7. The van der Waals surface area contributed by atoms with E-state index in [2.05, 4.69) is 50.1 Å². The molecule has 0 N–H and O–H groups in total. The summed E-state index contributed by atoms with van der Waals surface area (Å²) in [5, 5.41) is 0. The molecule has 1 aliphatic rings. The summed E-state index contributed by atoms with van der Waals surface area (Å²) >= 11 is 0. The van der Waals surface area contributed by atoms with E-state index in [1.807, 2.05) is 0 Å². The summed E-state index contributed by atoms with van der Waals surface area (Å²) in [7, 11) is 2.25. The van der Waals surface area contributed by atoms with E-state index >= 15 is 0 Å². The van der Waals surface area contributed by atoms with Crippen LogP contribution >= 0.6 is 0 Å². The summed E-state index contributed by atoms with van der Waals surface area (Å²) < 4.78 is 0. The van der Waals surface area contributed by atoms with E-state index in [9.17, 15) is 0 Å². The molecule has 1 aromatic rings. The number of nitrogens with zero attached hydrogens (tertiary/aromatic N) is 1. The summed E-state index contributed by atoms with van der Waals surface area (Å²) in [5.41, 5.74) is 3.04. The molecule has 0 spiro atoms. The summed E-state index contributed by atoms with van der Waals surface area (Å²) in [6.07, 6.45) is 2.67. The van der Waals surface area contributed by atoms with Crippen LogP contribution in [0.15, 0.2) is 24.3 Å². The van der Waals surface area contributed by atoms with Gasteiger partial charge in [0.05, 0.1) is 0 Å². The zero-order valence-corrected chi connectivity index (χ0v) is 10.7. The van der Waals surface area contributed by atoms with Gasteiger partial charge in [0.2, 0.25) is 0 Å². The highest BCUT2D eigenvalue weighted by atomic mass is 15.1. The summed E-state index contributed by atoms with van der Waals surface area (Å²) in [5.74, 6) is 1.61. The summed E-state index contributed by atoms with van der Waals surface area (Å²) in [4.78, 5) is 2.48. The fourth-order valence-electron chi connectivity index (χ4n) is 3.11. The van der Waals surface area contributed by atoms with Gasteiger partial charge in [0, 0.05) is 19.0 Å². The van der Waals surface area contributed by atoms with Crippen molar-refractivity contribution in [2.75, 3.05) is 20.1 Å². The zero-order valence-electron chi connectivity index (χ0n) is 10.7. The molecular formula is C15H23N. The van der Waals surface area contributed by atoms with Crippen LogP contribution in [-0.2, 0) is 0 Å². The van der Waals surface area contributed by atoms with Gasteiger partial charge in [0.1, 0.15) is 0 Å². The van der Waals surface area contributed by atoms with Crippen molar-refractivity contribution in [3.8, 4) is 0 Å². The first-order valence-electron chi connectivity index (χ1n) is 6.46. The molecule has 1 heterocycles. The number of likely N-dealkylation sites (N-methyl/N-ethyl adjacent to an activating group) is 1. The predicted octanol–water partition coefficient (Wildman–Crippen LogP) is 3.44. The van der Waals surface area contributed by atoms with Crippen LogP contribution in [0.1, 0.15) is 36.8 Å². The average Bonchev–Trinajstić information content (AvgIpc) is 2.61. The molecule has 1 aromatic carbocycles. The van der Waals surface area contributed by atoms with Crippen LogP contribution in [0.25, 0.3) is 0 Å². The van der Waals surface area contributed by atoms with Crippen LogP contribution in [0.2, 0.25) is 0 Å². The van der Waals surface area contributed by atoms with Crippen LogP contribution in [0, 0.1) is 12.8 Å². The number of hydrogen-bond acceptors (Lipinski definition) is 1. The molecule has 0 radical (unpaired) electrons. The van der Waals surface area contributed by atoms with Crippen molar-refractivity contribution in [2.24, 2.45) is 5.92 Å². The first-order valence-corrected chi connectivity index (χ1v) is 6.46. The van der Waals surface area contributed by atoms with Gasteiger partial charge in [0.15, 0.2) is 0 Å². The highest BCUT2D eigenvalue weighted by Gasteiger charge is 2.31. The van der Waals surface area contributed by atoms with Crippen molar-refractivity contribution in [3.05, 3.63) is 35.4 Å². The standard InChI is InChI=1S/C15H23N/c1-4-7-13-10-16(3)11-15(13)14-9-6-5-8-12(14)2/h5-6,8-9,13,15H,4,7,10-11H2,1-3H3/t13?,15-/m1/s1.